The summed E-state index contributed by atoms with van der Waals surface area (Å²) in [7, 11) is 0. The van der Waals surface area contributed by atoms with E-state index in [4.69, 9.17) is 15.0 Å². The van der Waals surface area contributed by atoms with Crippen LogP contribution in [0.3, 0.4) is 0 Å². The molecule has 2 N–H and O–H groups in total. The first-order valence-corrected chi connectivity index (χ1v) is 7.99. The normalized spacial score (nSPS) is 14.3. The van der Waals surface area contributed by atoms with Crippen molar-refractivity contribution in [2.24, 2.45) is 0 Å². The monoisotopic (exact) mass is 308 g/mol. The number of ether oxygens (including phenoxy) is 1. The van der Waals surface area contributed by atoms with Crippen LogP contribution in [0, 0.1) is 13.8 Å². The molecule has 4 nitrogen and oxygen atoms in total. The summed E-state index contributed by atoms with van der Waals surface area (Å²) in [4.78, 5) is 0. The van der Waals surface area contributed by atoms with Crippen molar-refractivity contribution >= 4 is 16.8 Å². The Morgan fingerprint density at radius 3 is 2.74 bits per heavy atom. The highest BCUT2D eigenvalue weighted by Gasteiger charge is 2.27. The molecule has 0 aliphatic heterocycles. The van der Waals surface area contributed by atoms with Crippen molar-refractivity contribution in [2.75, 3.05) is 5.73 Å². The van der Waals surface area contributed by atoms with Crippen molar-refractivity contribution in [3.63, 3.8) is 0 Å². The molecule has 23 heavy (non-hydrogen) atoms. The van der Waals surface area contributed by atoms with Crippen molar-refractivity contribution in [3.05, 3.63) is 52.6 Å². The zero-order valence-electron chi connectivity index (χ0n) is 13.4. The molecule has 118 valence electrons. The van der Waals surface area contributed by atoms with E-state index in [-0.39, 0.29) is 0 Å². The maximum absolute atomic E-state index is 6.01. The Bertz CT molecular complexity index is 878. The van der Waals surface area contributed by atoms with E-state index in [0.717, 1.165) is 22.3 Å². The third-order valence-electron chi connectivity index (χ3n) is 4.65. The van der Waals surface area contributed by atoms with Crippen molar-refractivity contribution in [1.82, 2.24) is 5.16 Å². The molecule has 0 radical (unpaired) electrons. The number of anilines is 1. The number of fused-ring (bicyclic) bond motifs is 1. The van der Waals surface area contributed by atoms with Crippen LogP contribution in [-0.4, -0.2) is 5.16 Å². The largest absolute Gasteiger partial charge is 0.489 e. The number of aromatic nitrogens is 1. The van der Waals surface area contributed by atoms with Crippen LogP contribution >= 0.6 is 0 Å². The van der Waals surface area contributed by atoms with E-state index in [1.54, 1.807) is 0 Å². The number of rotatable bonds is 4. The van der Waals surface area contributed by atoms with Gasteiger partial charge in [-0.15, -0.1) is 0 Å². The second kappa shape index (κ2) is 5.30. The Hall–Kier alpha value is -2.49. The Morgan fingerprint density at radius 1 is 1.17 bits per heavy atom. The van der Waals surface area contributed by atoms with Crippen molar-refractivity contribution in [1.29, 1.82) is 0 Å². The number of nitrogens with zero attached hydrogens (tertiary/aromatic N) is 1. The lowest BCUT2D eigenvalue weighted by Crippen LogP contribution is -2.00. The second-order valence-corrected chi connectivity index (χ2v) is 6.42. The highest BCUT2D eigenvalue weighted by Crippen LogP contribution is 2.43. The first-order valence-electron chi connectivity index (χ1n) is 7.99. The van der Waals surface area contributed by atoms with Gasteiger partial charge in [0, 0.05) is 0 Å². The van der Waals surface area contributed by atoms with Crippen LogP contribution in [0.4, 0.5) is 5.82 Å². The fourth-order valence-electron chi connectivity index (χ4n) is 2.93. The summed E-state index contributed by atoms with van der Waals surface area (Å²) in [6.07, 6.45) is 2.46. The molecule has 1 aromatic heterocycles. The summed E-state index contributed by atoms with van der Waals surface area (Å²) in [5, 5.41) is 4.76. The topological polar surface area (TPSA) is 61.3 Å². The van der Waals surface area contributed by atoms with E-state index in [2.05, 4.69) is 37.2 Å². The first kappa shape index (κ1) is 14.1. The van der Waals surface area contributed by atoms with Gasteiger partial charge >= 0.3 is 0 Å². The van der Waals surface area contributed by atoms with Crippen LogP contribution in [0.25, 0.3) is 11.0 Å². The molecule has 1 fully saturated rings. The second-order valence-electron chi connectivity index (χ2n) is 6.42. The summed E-state index contributed by atoms with van der Waals surface area (Å²) < 4.78 is 11.3. The highest BCUT2D eigenvalue weighted by molar-refractivity contribution is 5.88. The standard InChI is InChI=1S/C19H20N2O2/c1-11-3-6-15(7-12(11)2)22-10-14-8-18-17(19(20)21-23-18)9-16(14)13-4-5-13/h3,6-9,13H,4-5,10H2,1-2H3,(H2,20,21). The Morgan fingerprint density at radius 2 is 2.00 bits per heavy atom. The molecule has 4 rings (SSSR count). The molecule has 0 spiro atoms. The lowest BCUT2D eigenvalue weighted by molar-refractivity contribution is 0.304. The van der Waals surface area contributed by atoms with Gasteiger partial charge < -0.3 is 15.0 Å². The van der Waals surface area contributed by atoms with Crippen LogP contribution in [0.1, 0.15) is 41.0 Å². The van der Waals surface area contributed by atoms with Gasteiger partial charge in [0.2, 0.25) is 0 Å². The van der Waals surface area contributed by atoms with Gasteiger partial charge in [0.15, 0.2) is 11.4 Å². The zero-order valence-corrected chi connectivity index (χ0v) is 13.4. The highest BCUT2D eigenvalue weighted by atomic mass is 16.5. The average molecular weight is 308 g/mol. The lowest BCUT2D eigenvalue weighted by Gasteiger charge is -2.12. The van der Waals surface area contributed by atoms with E-state index in [1.165, 1.54) is 29.5 Å². The number of aryl methyl sites for hydroxylation is 2. The Balaban J connectivity index is 1.64. The fraction of sp³-hybridized carbons (Fsp3) is 0.316. The van der Waals surface area contributed by atoms with E-state index >= 15 is 0 Å². The van der Waals surface area contributed by atoms with Crippen LogP contribution < -0.4 is 10.5 Å². The van der Waals surface area contributed by atoms with Gasteiger partial charge in [0.25, 0.3) is 0 Å². The van der Waals surface area contributed by atoms with E-state index in [1.807, 2.05) is 12.1 Å². The lowest BCUT2D eigenvalue weighted by atomic mass is 10.0. The SMILES string of the molecule is Cc1ccc(OCc2cc3onc(N)c3cc2C2CC2)cc1C. The van der Waals surface area contributed by atoms with Gasteiger partial charge in [-0.3, -0.25) is 0 Å². The van der Waals surface area contributed by atoms with Crippen LogP contribution in [0.5, 0.6) is 5.75 Å². The third-order valence-corrected chi connectivity index (χ3v) is 4.65. The van der Waals surface area contributed by atoms with Gasteiger partial charge in [-0.2, -0.15) is 0 Å². The molecule has 0 atom stereocenters. The van der Waals surface area contributed by atoms with Crippen LogP contribution in [0.15, 0.2) is 34.9 Å². The summed E-state index contributed by atoms with van der Waals surface area (Å²) in [5.41, 5.74) is 11.6. The fourth-order valence-corrected chi connectivity index (χ4v) is 2.93. The van der Waals surface area contributed by atoms with Gasteiger partial charge in [-0.1, -0.05) is 11.2 Å². The van der Waals surface area contributed by atoms with Gasteiger partial charge in [-0.05, 0) is 79.1 Å². The predicted molar refractivity (Wildman–Crippen MR) is 90.6 cm³/mol. The number of hydrogen-bond acceptors (Lipinski definition) is 4. The summed E-state index contributed by atoms with van der Waals surface area (Å²) in [5.74, 6) is 1.97. The molecular weight excluding hydrogens is 288 g/mol. The number of nitrogens with two attached hydrogens (primary N) is 1. The third kappa shape index (κ3) is 2.65. The first-order chi connectivity index (χ1) is 11.1. The van der Waals surface area contributed by atoms with Gasteiger partial charge in [0.1, 0.15) is 12.4 Å². The molecule has 0 bridgehead atoms. The molecule has 3 aromatic rings. The molecule has 1 saturated carbocycles. The molecule has 0 saturated heterocycles. The molecule has 0 unspecified atom stereocenters. The minimum absolute atomic E-state index is 0.462. The van der Waals surface area contributed by atoms with Crippen molar-refractivity contribution in [3.8, 4) is 5.75 Å². The molecule has 1 aliphatic rings. The number of nitrogen functional groups attached to an aromatic ring is 1. The molecule has 4 heteroatoms. The van der Waals surface area contributed by atoms with Gasteiger partial charge in [0.05, 0.1) is 5.39 Å². The molecule has 0 amide bonds. The number of hydrogen-bond donors (Lipinski definition) is 1. The van der Waals surface area contributed by atoms with Crippen LogP contribution in [0.2, 0.25) is 0 Å². The Kier molecular flexibility index (Phi) is 3.26. The summed E-state index contributed by atoms with van der Waals surface area (Å²) in [6.45, 7) is 4.73. The predicted octanol–water partition coefficient (Wildman–Crippen LogP) is 4.48. The zero-order chi connectivity index (χ0) is 16.0. The number of benzene rings is 2. The van der Waals surface area contributed by atoms with E-state index < -0.39 is 0 Å². The van der Waals surface area contributed by atoms with Gasteiger partial charge in [-0.25, -0.2) is 0 Å². The Labute approximate surface area is 135 Å². The molecule has 1 aliphatic carbocycles. The quantitative estimate of drug-likeness (QED) is 0.771. The van der Waals surface area contributed by atoms with Crippen molar-refractivity contribution in [2.45, 2.75) is 39.2 Å². The average Bonchev–Trinajstić information content (AvgIpc) is 3.33. The maximum atomic E-state index is 6.01. The maximum Gasteiger partial charge on any atom is 0.174 e. The minimum Gasteiger partial charge on any atom is -0.489 e. The minimum atomic E-state index is 0.462. The van der Waals surface area contributed by atoms with Crippen LogP contribution in [-0.2, 0) is 6.61 Å². The molecular formula is C19H20N2O2. The summed E-state index contributed by atoms with van der Waals surface area (Å²) >= 11 is 0. The molecule has 2 aromatic carbocycles. The summed E-state index contributed by atoms with van der Waals surface area (Å²) in [6, 6.07) is 10.3. The van der Waals surface area contributed by atoms with E-state index in [0.29, 0.717) is 18.3 Å². The molecule has 1 heterocycles. The smallest absolute Gasteiger partial charge is 0.174 e. The van der Waals surface area contributed by atoms with Crippen molar-refractivity contribution < 1.29 is 9.26 Å². The van der Waals surface area contributed by atoms with E-state index in [9.17, 15) is 0 Å².